The van der Waals surface area contributed by atoms with Gasteiger partial charge in [-0.15, -0.1) is 0 Å². The van der Waals surface area contributed by atoms with Crippen LogP contribution in [0.3, 0.4) is 0 Å². The summed E-state index contributed by atoms with van der Waals surface area (Å²) in [5, 5.41) is 3.48. The number of ether oxygens (including phenoxy) is 3. The molecule has 3 heterocycles. The molecule has 3 rings (SSSR count). The van der Waals surface area contributed by atoms with Crippen molar-refractivity contribution in [3.8, 4) is 0 Å². The average Bonchev–Trinajstić information content (AvgIpc) is 3.06. The Morgan fingerprint density at radius 1 is 0.733 bits per heavy atom. The summed E-state index contributed by atoms with van der Waals surface area (Å²) in [6, 6.07) is 0. The van der Waals surface area contributed by atoms with Crippen molar-refractivity contribution in [1.82, 2.24) is 20.0 Å². The van der Waals surface area contributed by atoms with E-state index in [1.165, 1.54) is 0 Å². The fraction of sp³-hybridized carbons (Fsp3) is 0.909. The maximum absolute atomic E-state index is 13.2. The second kappa shape index (κ2) is 16.8. The van der Waals surface area contributed by atoms with E-state index in [1.807, 2.05) is 42.4 Å². The van der Waals surface area contributed by atoms with E-state index in [2.05, 4.69) is 5.32 Å². The van der Waals surface area contributed by atoms with Crippen LogP contribution in [0.15, 0.2) is 0 Å². The highest BCUT2D eigenvalue weighted by Gasteiger charge is 2.39. The van der Waals surface area contributed by atoms with Crippen LogP contribution < -0.4 is 16.8 Å². The molecule has 260 valence electrons. The summed E-state index contributed by atoms with van der Waals surface area (Å²) in [5.74, 6) is 0.191. The quantitative estimate of drug-likeness (QED) is 0.225. The number of hydrogen-bond acceptors (Lipinski definition) is 9. The molecule has 3 saturated heterocycles. The zero-order valence-corrected chi connectivity index (χ0v) is 28.9. The highest BCUT2D eigenvalue weighted by atomic mass is 16.5. The Morgan fingerprint density at radius 3 is 1.69 bits per heavy atom. The lowest BCUT2D eigenvalue weighted by atomic mass is 9.89. The average molecular weight is 639 g/mol. The van der Waals surface area contributed by atoms with Gasteiger partial charge >= 0.3 is 0 Å². The molecular formula is C33H62N6O6. The van der Waals surface area contributed by atoms with Crippen molar-refractivity contribution in [2.24, 2.45) is 29.2 Å². The third-order valence-electron chi connectivity index (χ3n) is 10.6. The van der Waals surface area contributed by atoms with Gasteiger partial charge in [-0.05, 0) is 44.9 Å². The van der Waals surface area contributed by atoms with Crippen molar-refractivity contribution in [3.63, 3.8) is 0 Å². The molecular weight excluding hydrogens is 576 g/mol. The molecule has 0 radical (unpaired) electrons. The van der Waals surface area contributed by atoms with E-state index in [0.717, 1.165) is 38.5 Å². The molecule has 45 heavy (non-hydrogen) atoms. The summed E-state index contributed by atoms with van der Waals surface area (Å²) in [4.78, 5) is 44.3. The van der Waals surface area contributed by atoms with Gasteiger partial charge in [0.05, 0.1) is 17.8 Å². The van der Waals surface area contributed by atoms with Gasteiger partial charge in [0, 0.05) is 103 Å². The maximum Gasteiger partial charge on any atom is 0.226 e. The van der Waals surface area contributed by atoms with Crippen LogP contribution in [0.5, 0.6) is 0 Å². The van der Waals surface area contributed by atoms with Crippen molar-refractivity contribution >= 4 is 17.7 Å². The van der Waals surface area contributed by atoms with Gasteiger partial charge < -0.3 is 45.7 Å². The van der Waals surface area contributed by atoms with Gasteiger partial charge in [0.1, 0.15) is 0 Å². The van der Waals surface area contributed by atoms with E-state index in [1.54, 1.807) is 14.2 Å². The highest BCUT2D eigenvalue weighted by molar-refractivity contribution is 5.79. The molecule has 3 amide bonds. The van der Waals surface area contributed by atoms with Crippen molar-refractivity contribution in [2.45, 2.75) is 89.4 Å². The van der Waals surface area contributed by atoms with Crippen molar-refractivity contribution in [2.75, 3.05) is 86.3 Å². The molecule has 3 aliphatic rings. The number of methoxy groups -OCH3 is 2. The Labute approximate surface area is 271 Å². The van der Waals surface area contributed by atoms with Crippen LogP contribution in [0.25, 0.3) is 0 Å². The molecule has 2 atom stereocenters. The van der Waals surface area contributed by atoms with Crippen molar-refractivity contribution < 1.29 is 28.6 Å². The van der Waals surface area contributed by atoms with Crippen LogP contribution in [0.2, 0.25) is 0 Å². The number of rotatable bonds is 15. The molecule has 0 bridgehead atoms. The number of carbonyl (C=O) groups excluding carboxylic acids is 3. The van der Waals surface area contributed by atoms with Crippen molar-refractivity contribution in [1.29, 1.82) is 0 Å². The summed E-state index contributed by atoms with van der Waals surface area (Å²) in [5.41, 5.74) is 11.4. The number of hydrogen-bond donors (Lipinski definition) is 3. The van der Waals surface area contributed by atoms with E-state index >= 15 is 0 Å². The number of amides is 3. The number of likely N-dealkylation sites (tertiary alicyclic amines) is 3. The van der Waals surface area contributed by atoms with E-state index < -0.39 is 5.54 Å². The van der Waals surface area contributed by atoms with Crippen LogP contribution in [-0.2, 0) is 28.6 Å². The molecule has 2 unspecified atom stereocenters. The topological polar surface area (TPSA) is 153 Å². The minimum atomic E-state index is -0.425. The van der Waals surface area contributed by atoms with Crippen LogP contribution in [-0.4, -0.2) is 135 Å². The molecule has 0 aromatic rings. The zero-order chi connectivity index (χ0) is 33.3. The predicted molar refractivity (Wildman–Crippen MR) is 174 cm³/mol. The summed E-state index contributed by atoms with van der Waals surface area (Å²) < 4.78 is 17.6. The van der Waals surface area contributed by atoms with Crippen molar-refractivity contribution in [3.05, 3.63) is 0 Å². The van der Waals surface area contributed by atoms with Crippen LogP contribution in [0, 0.1) is 17.8 Å². The third-order valence-corrected chi connectivity index (χ3v) is 10.6. The molecule has 0 aromatic carbocycles. The second-order valence-corrected chi connectivity index (χ2v) is 14.2. The van der Waals surface area contributed by atoms with Gasteiger partial charge in [-0.2, -0.15) is 0 Å². The normalized spacial score (nSPS) is 22.7. The fourth-order valence-corrected chi connectivity index (χ4v) is 6.78. The molecule has 0 saturated carbocycles. The second-order valence-electron chi connectivity index (χ2n) is 14.2. The lowest BCUT2D eigenvalue weighted by Crippen LogP contribution is -2.55. The number of carbonyl (C=O) groups is 3. The first kappa shape index (κ1) is 37.6. The lowest BCUT2D eigenvalue weighted by molar-refractivity contribution is -0.142. The van der Waals surface area contributed by atoms with Crippen LogP contribution >= 0.6 is 0 Å². The zero-order valence-electron chi connectivity index (χ0n) is 28.9. The Balaban J connectivity index is 1.33. The number of piperidine rings is 3. The number of nitrogens with zero attached hydrogens (tertiary/aromatic N) is 3. The van der Waals surface area contributed by atoms with E-state index in [0.29, 0.717) is 78.5 Å². The Bertz CT molecular complexity index is 949. The smallest absolute Gasteiger partial charge is 0.226 e. The Kier molecular flexibility index (Phi) is 14.1. The minimum Gasteiger partial charge on any atom is -0.380 e. The molecule has 0 spiro atoms. The first-order valence-electron chi connectivity index (χ1n) is 17.1. The molecule has 0 aliphatic carbocycles. The monoisotopic (exact) mass is 638 g/mol. The van der Waals surface area contributed by atoms with Gasteiger partial charge in [-0.25, -0.2) is 0 Å². The van der Waals surface area contributed by atoms with Gasteiger partial charge in [0.2, 0.25) is 17.7 Å². The fourth-order valence-electron chi connectivity index (χ4n) is 6.78. The van der Waals surface area contributed by atoms with Gasteiger partial charge in [0.15, 0.2) is 0 Å². The summed E-state index contributed by atoms with van der Waals surface area (Å²) in [7, 11) is 3.43. The van der Waals surface area contributed by atoms with E-state index in [-0.39, 0.29) is 46.7 Å². The predicted octanol–water partition coefficient (Wildman–Crippen LogP) is 1.20. The summed E-state index contributed by atoms with van der Waals surface area (Å²) >= 11 is 0. The first-order chi connectivity index (χ1) is 21.3. The van der Waals surface area contributed by atoms with Gasteiger partial charge in [-0.1, -0.05) is 27.7 Å². The Morgan fingerprint density at radius 2 is 1.20 bits per heavy atom. The first-order valence-corrected chi connectivity index (χ1v) is 17.1. The van der Waals surface area contributed by atoms with Crippen LogP contribution in [0.1, 0.15) is 72.6 Å². The molecule has 0 aromatic heterocycles. The van der Waals surface area contributed by atoms with E-state index in [4.69, 9.17) is 25.7 Å². The molecule has 12 nitrogen and oxygen atoms in total. The summed E-state index contributed by atoms with van der Waals surface area (Å²) in [6.45, 7) is 14.3. The third kappa shape index (κ3) is 10.1. The van der Waals surface area contributed by atoms with Crippen LogP contribution in [0.4, 0.5) is 0 Å². The largest absolute Gasteiger partial charge is 0.380 e. The standard InChI is InChI=1S/C33H62N6O6/c1-25(2)28(40)37-14-8-31(35,9-15-37)24-45-20-7-26(3)29(41)38-18-12-33(44-6,13-19-38)23-36-21-27(4)30(42)39-16-10-32(22-34,43-5)11-17-39/h25-27,36H,7-24,34-35H2,1-6H3. The molecule has 5 N–H and O–H groups in total. The van der Waals surface area contributed by atoms with E-state index in [9.17, 15) is 14.4 Å². The number of nitrogens with one attached hydrogen (secondary N) is 1. The SMILES string of the molecule is COC1(CN)CCN(C(=O)C(C)CNCC2(OC)CCN(C(=O)C(C)CCOCC3(N)CCN(C(=O)C(C)C)CC3)CC2)CC1. The highest BCUT2D eigenvalue weighted by Crippen LogP contribution is 2.28. The Hall–Kier alpha value is -1.83. The molecule has 3 aliphatic heterocycles. The molecule has 3 fully saturated rings. The van der Waals surface area contributed by atoms with Gasteiger partial charge in [0.25, 0.3) is 0 Å². The maximum atomic E-state index is 13.2. The summed E-state index contributed by atoms with van der Waals surface area (Å²) in [6.07, 6.45) is 5.09. The number of nitrogens with two attached hydrogens (primary N) is 2. The lowest BCUT2D eigenvalue weighted by Gasteiger charge is -2.42. The van der Waals surface area contributed by atoms with Gasteiger partial charge in [-0.3, -0.25) is 14.4 Å². The molecule has 12 heteroatoms. The minimum absolute atomic E-state index is 0.000213.